The van der Waals surface area contributed by atoms with Crippen molar-refractivity contribution < 1.29 is 14.7 Å². The van der Waals surface area contributed by atoms with Crippen LogP contribution in [0.25, 0.3) is 0 Å². The molecule has 1 atom stereocenters. The first-order valence-electron chi connectivity index (χ1n) is 6.31. The Labute approximate surface area is 124 Å². The van der Waals surface area contributed by atoms with Crippen molar-refractivity contribution in [2.24, 2.45) is 5.92 Å². The molecule has 0 saturated heterocycles. The fraction of sp³-hybridized carbons (Fsp3) is 0.231. The van der Waals surface area contributed by atoms with Crippen LogP contribution in [0.2, 0.25) is 0 Å². The Hall–Kier alpha value is -2.48. The van der Waals surface area contributed by atoms with Gasteiger partial charge in [0, 0.05) is 23.8 Å². The molecule has 0 fully saturated rings. The quantitative estimate of drug-likeness (QED) is 0.882. The Morgan fingerprint density at radius 1 is 1.38 bits per heavy atom. The summed E-state index contributed by atoms with van der Waals surface area (Å²) in [6.07, 6.45) is 1.88. The molecule has 2 aromatic rings. The molecule has 1 aromatic carbocycles. The van der Waals surface area contributed by atoms with Gasteiger partial charge in [-0.1, -0.05) is 22.7 Å². The van der Waals surface area contributed by atoms with E-state index in [1.807, 2.05) is 24.3 Å². The van der Waals surface area contributed by atoms with Crippen LogP contribution < -0.4 is 10.2 Å². The van der Waals surface area contributed by atoms with Crippen LogP contribution in [-0.2, 0) is 11.2 Å². The molecule has 21 heavy (non-hydrogen) atoms. The highest BCUT2D eigenvalue weighted by Crippen LogP contribution is 2.30. The van der Waals surface area contributed by atoms with Gasteiger partial charge in [-0.25, -0.2) is 4.79 Å². The molecule has 0 spiro atoms. The van der Waals surface area contributed by atoms with E-state index >= 15 is 0 Å². The number of aromatic nitrogens is 2. The van der Waals surface area contributed by atoms with E-state index in [1.165, 1.54) is 11.1 Å². The number of carboxylic acids is 1. The van der Waals surface area contributed by atoms with Crippen LogP contribution in [0, 0.1) is 5.92 Å². The van der Waals surface area contributed by atoms with Crippen molar-refractivity contribution >= 4 is 34.2 Å². The number of anilines is 2. The highest BCUT2D eigenvalue weighted by atomic mass is 32.1. The second-order valence-electron chi connectivity index (χ2n) is 4.69. The number of nitrogens with zero attached hydrogens (tertiary/aromatic N) is 3. The molecule has 1 aliphatic heterocycles. The van der Waals surface area contributed by atoms with Gasteiger partial charge in [-0.15, -0.1) is 5.10 Å². The lowest BCUT2D eigenvalue weighted by Crippen LogP contribution is -2.44. The number of aliphatic carboxylic acids is 1. The first kappa shape index (κ1) is 13.5. The van der Waals surface area contributed by atoms with Gasteiger partial charge in [-0.3, -0.25) is 15.0 Å². The third kappa shape index (κ3) is 2.70. The number of fused-ring (bicyclic) bond motifs is 1. The zero-order valence-corrected chi connectivity index (χ0v) is 11.7. The van der Waals surface area contributed by atoms with E-state index in [-0.39, 0.29) is 12.6 Å². The molecular formula is C13H12N4O3S. The molecule has 7 nitrogen and oxygen atoms in total. The number of urea groups is 1. The number of para-hydroxylation sites is 1. The third-order valence-corrected chi connectivity index (χ3v) is 3.92. The minimum Gasteiger partial charge on any atom is -0.481 e. The van der Waals surface area contributed by atoms with Crippen LogP contribution in [0.4, 0.5) is 15.5 Å². The summed E-state index contributed by atoms with van der Waals surface area (Å²) in [6, 6.07) is 6.96. The number of carboxylic acid groups (broad SMARTS) is 1. The van der Waals surface area contributed by atoms with Gasteiger partial charge >= 0.3 is 12.0 Å². The SMILES string of the molecule is O=C(O)C1Cc2ccccc2N(C(=O)Nc2cnns2)C1. The van der Waals surface area contributed by atoms with Crippen LogP contribution in [0.1, 0.15) is 5.56 Å². The van der Waals surface area contributed by atoms with Gasteiger partial charge in [-0.2, -0.15) is 0 Å². The van der Waals surface area contributed by atoms with Crippen molar-refractivity contribution in [3.63, 3.8) is 0 Å². The van der Waals surface area contributed by atoms with Crippen LogP contribution >= 0.6 is 11.5 Å². The Bertz CT molecular complexity index is 674. The van der Waals surface area contributed by atoms with E-state index in [9.17, 15) is 14.7 Å². The minimum absolute atomic E-state index is 0.143. The highest BCUT2D eigenvalue weighted by Gasteiger charge is 2.32. The Morgan fingerprint density at radius 3 is 2.90 bits per heavy atom. The number of carbonyl (C=O) groups excluding carboxylic acids is 1. The number of benzene rings is 1. The Kier molecular flexibility index (Phi) is 3.53. The van der Waals surface area contributed by atoms with Gasteiger partial charge in [0.15, 0.2) is 0 Å². The zero-order valence-electron chi connectivity index (χ0n) is 10.9. The molecule has 2 amide bonds. The number of hydrogen-bond acceptors (Lipinski definition) is 5. The van der Waals surface area contributed by atoms with E-state index < -0.39 is 11.9 Å². The molecule has 0 saturated carbocycles. The van der Waals surface area contributed by atoms with E-state index in [1.54, 1.807) is 0 Å². The second kappa shape index (κ2) is 5.49. The minimum atomic E-state index is -0.901. The smallest absolute Gasteiger partial charge is 0.327 e. The number of rotatable bonds is 2. The molecule has 1 unspecified atom stereocenters. The summed E-state index contributed by atoms with van der Waals surface area (Å²) in [6.45, 7) is 0.143. The van der Waals surface area contributed by atoms with Gasteiger partial charge in [0.05, 0.1) is 12.1 Å². The number of amides is 2. The average Bonchev–Trinajstić information content (AvgIpc) is 2.98. The van der Waals surface area contributed by atoms with Gasteiger partial charge in [-0.05, 0) is 18.1 Å². The lowest BCUT2D eigenvalue weighted by atomic mass is 9.93. The van der Waals surface area contributed by atoms with Crippen molar-refractivity contribution in [2.75, 3.05) is 16.8 Å². The fourth-order valence-corrected chi connectivity index (χ4v) is 2.76. The maximum atomic E-state index is 12.4. The molecule has 1 aromatic heterocycles. The average molecular weight is 304 g/mol. The van der Waals surface area contributed by atoms with Crippen LogP contribution in [-0.4, -0.2) is 33.2 Å². The monoisotopic (exact) mass is 304 g/mol. The molecular weight excluding hydrogens is 292 g/mol. The second-order valence-corrected chi connectivity index (χ2v) is 5.48. The normalized spacial score (nSPS) is 17.1. The van der Waals surface area contributed by atoms with Crippen LogP contribution in [0.5, 0.6) is 0 Å². The summed E-state index contributed by atoms with van der Waals surface area (Å²) in [5.74, 6) is -1.51. The van der Waals surface area contributed by atoms with Crippen molar-refractivity contribution in [1.82, 2.24) is 9.59 Å². The summed E-state index contributed by atoms with van der Waals surface area (Å²) in [5, 5.41) is 16.1. The fourth-order valence-electron chi connectivity index (χ4n) is 2.35. The lowest BCUT2D eigenvalue weighted by molar-refractivity contribution is -0.141. The summed E-state index contributed by atoms with van der Waals surface area (Å²) >= 11 is 1.07. The van der Waals surface area contributed by atoms with E-state index in [4.69, 9.17) is 0 Å². The molecule has 1 aliphatic rings. The first-order valence-corrected chi connectivity index (χ1v) is 7.09. The van der Waals surface area contributed by atoms with Crippen LogP contribution in [0.3, 0.4) is 0 Å². The van der Waals surface area contributed by atoms with Gasteiger partial charge in [0.2, 0.25) is 0 Å². The summed E-state index contributed by atoms with van der Waals surface area (Å²) in [5.41, 5.74) is 1.60. The zero-order chi connectivity index (χ0) is 14.8. The van der Waals surface area contributed by atoms with Crippen LogP contribution in [0.15, 0.2) is 30.5 Å². The van der Waals surface area contributed by atoms with Crippen molar-refractivity contribution in [2.45, 2.75) is 6.42 Å². The number of nitrogens with one attached hydrogen (secondary N) is 1. The van der Waals surface area contributed by atoms with Crippen molar-refractivity contribution in [3.05, 3.63) is 36.0 Å². The molecule has 8 heteroatoms. The maximum absolute atomic E-state index is 12.4. The molecule has 3 rings (SSSR count). The van der Waals surface area contributed by atoms with Gasteiger partial charge in [0.25, 0.3) is 0 Å². The summed E-state index contributed by atoms with van der Waals surface area (Å²) in [4.78, 5) is 25.1. The van der Waals surface area contributed by atoms with E-state index in [0.29, 0.717) is 11.4 Å². The molecule has 0 radical (unpaired) electrons. The summed E-state index contributed by atoms with van der Waals surface area (Å²) < 4.78 is 3.67. The Morgan fingerprint density at radius 2 is 2.19 bits per heavy atom. The van der Waals surface area contributed by atoms with Gasteiger partial charge < -0.3 is 5.11 Å². The Balaban J connectivity index is 1.89. The predicted octanol–water partition coefficient (Wildman–Crippen LogP) is 1.83. The van der Waals surface area contributed by atoms with Crippen molar-refractivity contribution in [1.29, 1.82) is 0 Å². The standard InChI is InChI=1S/C13H12N4O3S/c18-12(19)9-5-8-3-1-2-4-10(8)17(7-9)13(20)15-11-6-14-16-21-11/h1-4,6,9H,5,7H2,(H,15,20)(H,18,19). The van der Waals surface area contributed by atoms with E-state index in [0.717, 1.165) is 22.8 Å². The summed E-state index contributed by atoms with van der Waals surface area (Å²) in [7, 11) is 0. The van der Waals surface area contributed by atoms with Gasteiger partial charge in [0.1, 0.15) is 5.00 Å². The van der Waals surface area contributed by atoms with E-state index in [2.05, 4.69) is 14.9 Å². The van der Waals surface area contributed by atoms with Crippen molar-refractivity contribution in [3.8, 4) is 0 Å². The maximum Gasteiger partial charge on any atom is 0.327 e. The molecule has 0 bridgehead atoms. The molecule has 108 valence electrons. The largest absolute Gasteiger partial charge is 0.481 e. The number of carbonyl (C=O) groups is 2. The number of hydrogen-bond donors (Lipinski definition) is 2. The molecule has 0 aliphatic carbocycles. The molecule has 2 heterocycles. The lowest BCUT2D eigenvalue weighted by Gasteiger charge is -2.32. The highest BCUT2D eigenvalue weighted by molar-refractivity contribution is 7.10. The molecule has 2 N–H and O–H groups in total. The topological polar surface area (TPSA) is 95.4 Å². The first-order chi connectivity index (χ1) is 10.1. The predicted molar refractivity (Wildman–Crippen MR) is 77.5 cm³/mol. The third-order valence-electron chi connectivity index (χ3n) is 3.34.